The highest BCUT2D eigenvalue weighted by atomic mass is 19.1. The number of aromatic nitrogens is 3. The summed E-state index contributed by atoms with van der Waals surface area (Å²) in [7, 11) is 1.47. The van der Waals surface area contributed by atoms with Crippen molar-refractivity contribution in [1.82, 2.24) is 19.7 Å². The zero-order chi connectivity index (χ0) is 29.3. The summed E-state index contributed by atoms with van der Waals surface area (Å²) in [5, 5.41) is 13.5. The van der Waals surface area contributed by atoms with Gasteiger partial charge >= 0.3 is 6.09 Å². The van der Waals surface area contributed by atoms with Crippen LogP contribution in [-0.2, 0) is 4.74 Å². The third kappa shape index (κ3) is 5.72. The summed E-state index contributed by atoms with van der Waals surface area (Å²) in [4.78, 5) is 27.3. The summed E-state index contributed by atoms with van der Waals surface area (Å²) in [6.07, 6.45) is 4.38. The quantitative estimate of drug-likeness (QED) is 0.291. The van der Waals surface area contributed by atoms with Crippen molar-refractivity contribution in [3.8, 4) is 33.9 Å². The number of ether oxygens (including phenoxy) is 2. The molecule has 5 rings (SSSR count). The monoisotopic (exact) mass is 558 g/mol. The van der Waals surface area contributed by atoms with Crippen LogP contribution in [0, 0.1) is 12.4 Å². The lowest BCUT2D eigenvalue weighted by Crippen LogP contribution is -2.46. The molecule has 0 bridgehead atoms. The summed E-state index contributed by atoms with van der Waals surface area (Å²) < 4.78 is 27.3. The molecular formula is C30H31FN6O4. The Hall–Kier alpha value is -4.85. The molecule has 2 aromatic heterocycles. The van der Waals surface area contributed by atoms with Crippen LogP contribution in [0.5, 0.6) is 11.5 Å². The number of imidazole rings is 1. The minimum absolute atomic E-state index is 0.0457. The van der Waals surface area contributed by atoms with Crippen molar-refractivity contribution in [3.05, 3.63) is 66.0 Å². The lowest BCUT2D eigenvalue weighted by atomic mass is 9.99. The maximum absolute atomic E-state index is 14.8. The molecule has 10 nitrogen and oxygen atoms in total. The SMILES string of the molecule is [C-]#[N+]c1ccc(-c2nc(N3CCC(NC(=O)OC(C)(C)C)CC3)n3ccnc3c2-c2ccc(OC)c(O)c2)cc1F. The Morgan fingerprint density at radius 2 is 1.90 bits per heavy atom. The molecule has 41 heavy (non-hydrogen) atoms. The number of amides is 1. The first kappa shape index (κ1) is 27.7. The Morgan fingerprint density at radius 1 is 1.17 bits per heavy atom. The number of rotatable bonds is 5. The summed E-state index contributed by atoms with van der Waals surface area (Å²) in [5.74, 6) is 0.217. The van der Waals surface area contributed by atoms with E-state index in [1.807, 2.05) is 31.4 Å². The van der Waals surface area contributed by atoms with Gasteiger partial charge in [-0.3, -0.25) is 4.40 Å². The molecule has 0 radical (unpaired) electrons. The van der Waals surface area contributed by atoms with Crippen molar-refractivity contribution in [2.75, 3.05) is 25.1 Å². The molecule has 3 heterocycles. The number of nitrogens with zero attached hydrogens (tertiary/aromatic N) is 5. The third-order valence-electron chi connectivity index (χ3n) is 6.84. The molecule has 11 heteroatoms. The van der Waals surface area contributed by atoms with E-state index in [1.54, 1.807) is 30.5 Å². The number of alkyl carbamates (subject to hydrolysis) is 1. The van der Waals surface area contributed by atoms with Crippen molar-refractivity contribution >= 4 is 23.4 Å². The van der Waals surface area contributed by atoms with Crippen molar-refractivity contribution in [2.45, 2.75) is 45.3 Å². The van der Waals surface area contributed by atoms with Gasteiger partial charge in [0.05, 0.1) is 24.9 Å². The van der Waals surface area contributed by atoms with Gasteiger partial charge < -0.3 is 24.8 Å². The molecule has 2 aromatic carbocycles. The lowest BCUT2D eigenvalue weighted by molar-refractivity contribution is 0.0497. The van der Waals surface area contributed by atoms with Crippen LogP contribution in [0.4, 0.5) is 20.8 Å². The average molecular weight is 559 g/mol. The molecule has 1 amide bonds. The number of fused-ring (bicyclic) bond motifs is 1. The smallest absolute Gasteiger partial charge is 0.407 e. The Labute approximate surface area is 237 Å². The van der Waals surface area contributed by atoms with Gasteiger partial charge in [0.15, 0.2) is 11.5 Å². The Morgan fingerprint density at radius 3 is 2.54 bits per heavy atom. The largest absolute Gasteiger partial charge is 0.504 e. The fourth-order valence-electron chi connectivity index (χ4n) is 4.95. The normalized spacial score (nSPS) is 14.1. The number of carbonyl (C=O) groups is 1. The number of hydrogen-bond acceptors (Lipinski definition) is 7. The van der Waals surface area contributed by atoms with E-state index in [0.29, 0.717) is 65.7 Å². The van der Waals surface area contributed by atoms with Gasteiger partial charge in [0, 0.05) is 37.1 Å². The maximum Gasteiger partial charge on any atom is 0.407 e. The van der Waals surface area contributed by atoms with Crippen LogP contribution in [0.2, 0.25) is 0 Å². The molecule has 0 unspecified atom stereocenters. The van der Waals surface area contributed by atoms with E-state index in [2.05, 4.69) is 20.0 Å². The Bertz CT molecular complexity index is 1650. The van der Waals surface area contributed by atoms with Gasteiger partial charge in [0.2, 0.25) is 11.6 Å². The van der Waals surface area contributed by atoms with E-state index < -0.39 is 17.5 Å². The summed E-state index contributed by atoms with van der Waals surface area (Å²) >= 11 is 0. The Kier molecular flexibility index (Phi) is 7.41. The molecule has 0 saturated carbocycles. The topological polar surface area (TPSA) is 106 Å². The zero-order valence-electron chi connectivity index (χ0n) is 23.3. The molecule has 212 valence electrons. The number of phenols is 1. The van der Waals surface area contributed by atoms with Gasteiger partial charge in [0.25, 0.3) is 0 Å². The van der Waals surface area contributed by atoms with Gasteiger partial charge in [-0.2, -0.15) is 0 Å². The first-order valence-corrected chi connectivity index (χ1v) is 13.2. The number of hydrogen-bond donors (Lipinski definition) is 2. The maximum atomic E-state index is 14.8. The number of aromatic hydroxyl groups is 1. The van der Waals surface area contributed by atoms with E-state index >= 15 is 0 Å². The molecule has 2 N–H and O–H groups in total. The highest BCUT2D eigenvalue weighted by molar-refractivity contribution is 5.92. The van der Waals surface area contributed by atoms with E-state index in [-0.39, 0.29) is 17.5 Å². The van der Waals surface area contributed by atoms with Crippen molar-refractivity contribution < 1.29 is 23.8 Å². The van der Waals surface area contributed by atoms with Crippen LogP contribution in [0.3, 0.4) is 0 Å². The van der Waals surface area contributed by atoms with E-state index in [4.69, 9.17) is 21.0 Å². The fraction of sp³-hybridized carbons (Fsp3) is 0.333. The summed E-state index contributed by atoms with van der Waals surface area (Å²) in [5.41, 5.74) is 2.03. The van der Waals surface area contributed by atoms with Crippen LogP contribution in [0.25, 0.3) is 32.9 Å². The zero-order valence-corrected chi connectivity index (χ0v) is 23.3. The van der Waals surface area contributed by atoms with Gasteiger partial charge in [-0.15, -0.1) is 0 Å². The number of anilines is 1. The fourth-order valence-corrected chi connectivity index (χ4v) is 4.95. The van der Waals surface area contributed by atoms with Gasteiger partial charge in [-0.25, -0.2) is 24.0 Å². The van der Waals surface area contributed by atoms with Gasteiger partial charge in [0.1, 0.15) is 17.1 Å². The number of piperidine rings is 1. The molecular weight excluding hydrogens is 527 g/mol. The van der Waals surface area contributed by atoms with Crippen LogP contribution >= 0.6 is 0 Å². The minimum Gasteiger partial charge on any atom is -0.504 e. The second-order valence-electron chi connectivity index (χ2n) is 10.8. The predicted molar refractivity (Wildman–Crippen MR) is 153 cm³/mol. The van der Waals surface area contributed by atoms with Crippen LogP contribution < -0.4 is 15.0 Å². The average Bonchev–Trinajstić information content (AvgIpc) is 3.41. The van der Waals surface area contributed by atoms with Crippen LogP contribution in [0.1, 0.15) is 33.6 Å². The summed E-state index contributed by atoms with van der Waals surface area (Å²) in [6, 6.07) is 9.33. The molecule has 4 aromatic rings. The number of nitrogens with one attached hydrogen (secondary N) is 1. The molecule has 1 saturated heterocycles. The molecule has 1 aliphatic rings. The van der Waals surface area contributed by atoms with Gasteiger partial charge in [-0.1, -0.05) is 18.2 Å². The van der Waals surface area contributed by atoms with E-state index in [0.717, 1.165) is 0 Å². The first-order valence-electron chi connectivity index (χ1n) is 13.2. The lowest BCUT2D eigenvalue weighted by Gasteiger charge is -2.34. The third-order valence-corrected chi connectivity index (χ3v) is 6.84. The van der Waals surface area contributed by atoms with Crippen molar-refractivity contribution in [1.29, 1.82) is 0 Å². The Balaban J connectivity index is 1.56. The second kappa shape index (κ2) is 11.0. The number of benzene rings is 2. The number of phenolic OH excluding ortho intramolecular Hbond substituents is 1. The molecule has 0 aliphatic carbocycles. The van der Waals surface area contributed by atoms with Crippen LogP contribution in [0.15, 0.2) is 48.8 Å². The standard InChI is InChI=1S/C30H31FN6O4/c1-30(2,3)41-29(39)34-20-10-13-36(14-11-20)28-35-26(19-6-8-22(32-4)21(31)16-19)25(27-33-12-15-37(27)28)18-7-9-24(40-5)23(38)17-18/h6-9,12,15-17,20,38H,10-11,13-14H2,1-3,5H3,(H,34,39). The van der Waals surface area contributed by atoms with Gasteiger partial charge in [-0.05, 0) is 57.4 Å². The van der Waals surface area contributed by atoms with E-state index in [1.165, 1.54) is 19.2 Å². The molecule has 0 atom stereocenters. The highest BCUT2D eigenvalue weighted by Crippen LogP contribution is 2.40. The molecule has 0 spiro atoms. The number of halogens is 1. The van der Waals surface area contributed by atoms with E-state index in [9.17, 15) is 14.3 Å². The molecule has 1 aliphatic heterocycles. The second-order valence-corrected chi connectivity index (χ2v) is 10.8. The van der Waals surface area contributed by atoms with Crippen molar-refractivity contribution in [2.24, 2.45) is 0 Å². The molecule has 1 fully saturated rings. The number of methoxy groups -OCH3 is 1. The minimum atomic E-state index is -0.651. The number of carbonyl (C=O) groups excluding carboxylic acids is 1. The highest BCUT2D eigenvalue weighted by Gasteiger charge is 2.27. The predicted octanol–water partition coefficient (Wildman–Crippen LogP) is 5.96. The summed E-state index contributed by atoms with van der Waals surface area (Å²) in [6.45, 7) is 13.9. The first-order chi connectivity index (χ1) is 19.6. The van der Waals surface area contributed by atoms with Crippen LogP contribution in [-0.4, -0.2) is 57.4 Å². The van der Waals surface area contributed by atoms with Crippen molar-refractivity contribution in [3.63, 3.8) is 0 Å².